The van der Waals surface area contributed by atoms with Gasteiger partial charge in [-0.3, -0.25) is 0 Å². The second-order valence-electron chi connectivity index (χ2n) is 8.82. The summed E-state index contributed by atoms with van der Waals surface area (Å²) >= 11 is 0. The van der Waals surface area contributed by atoms with Gasteiger partial charge in [-0.05, 0) is 38.5 Å². The quantitative estimate of drug-likeness (QED) is 0.243. The molecule has 0 bridgehead atoms. The van der Waals surface area contributed by atoms with E-state index in [-0.39, 0.29) is 0 Å². The first-order valence-electron chi connectivity index (χ1n) is 12.2. The fourth-order valence-corrected chi connectivity index (χ4v) is 4.23. The third-order valence-electron chi connectivity index (χ3n) is 6.28. The van der Waals surface area contributed by atoms with Gasteiger partial charge in [0, 0.05) is 13.2 Å². The van der Waals surface area contributed by atoms with Gasteiger partial charge in [-0.1, -0.05) is 78.1 Å². The van der Waals surface area contributed by atoms with Crippen molar-refractivity contribution in [1.29, 1.82) is 0 Å². The molecular weight excluding hydrogens is 336 g/mol. The Morgan fingerprint density at radius 1 is 0.667 bits per heavy atom. The van der Waals surface area contributed by atoms with Crippen LogP contribution in [0.5, 0.6) is 0 Å². The van der Waals surface area contributed by atoms with Crippen molar-refractivity contribution in [3.8, 4) is 0 Å². The minimum absolute atomic E-state index is 0.387. The zero-order valence-electron chi connectivity index (χ0n) is 18.3. The molecule has 2 aliphatic heterocycles. The van der Waals surface area contributed by atoms with Crippen LogP contribution in [0.3, 0.4) is 0 Å². The molecule has 0 aliphatic carbocycles. The Hall–Kier alpha value is -0.120. The van der Waals surface area contributed by atoms with E-state index in [1.807, 2.05) is 0 Å². The molecule has 4 unspecified atom stereocenters. The zero-order chi connectivity index (χ0) is 19.2. The molecule has 4 atom stereocenters. The molecule has 160 valence electrons. The van der Waals surface area contributed by atoms with Gasteiger partial charge in [-0.15, -0.1) is 0 Å². The molecule has 0 saturated carbocycles. The third kappa shape index (κ3) is 10.3. The first-order chi connectivity index (χ1) is 13.3. The van der Waals surface area contributed by atoms with E-state index >= 15 is 0 Å². The van der Waals surface area contributed by atoms with Crippen molar-refractivity contribution in [2.45, 2.75) is 141 Å². The Bertz CT molecular complexity index is 307. The van der Waals surface area contributed by atoms with E-state index in [0.29, 0.717) is 24.4 Å². The molecule has 0 N–H and O–H groups in total. The van der Waals surface area contributed by atoms with E-state index in [9.17, 15) is 0 Å². The smallest absolute Gasteiger partial charge is 0.0621 e. The molecule has 2 fully saturated rings. The summed E-state index contributed by atoms with van der Waals surface area (Å²) in [6.45, 7) is 6.47. The van der Waals surface area contributed by atoms with Crippen molar-refractivity contribution in [3.05, 3.63) is 0 Å². The van der Waals surface area contributed by atoms with Gasteiger partial charge < -0.3 is 14.2 Å². The molecule has 2 saturated heterocycles. The Balaban J connectivity index is 1.74. The normalized spacial score (nSPS) is 24.2. The standard InChI is InChI=1S/C24H46O3/c1-3-5-7-9-11-13-23(19-21-15-17-25-21)27-24(20-22-16-18-26-22)14-12-10-8-6-4-2/h21-24H,3-20H2,1-2H3. The summed E-state index contributed by atoms with van der Waals surface area (Å²) < 4.78 is 18.2. The predicted molar refractivity (Wildman–Crippen MR) is 113 cm³/mol. The summed E-state index contributed by atoms with van der Waals surface area (Å²) in [4.78, 5) is 0. The minimum Gasteiger partial charge on any atom is -0.378 e. The Morgan fingerprint density at radius 2 is 1.07 bits per heavy atom. The van der Waals surface area contributed by atoms with Crippen LogP contribution in [0, 0.1) is 0 Å². The molecule has 0 amide bonds. The highest BCUT2D eigenvalue weighted by molar-refractivity contribution is 4.77. The fraction of sp³-hybridized carbons (Fsp3) is 1.00. The Kier molecular flexibility index (Phi) is 12.7. The topological polar surface area (TPSA) is 27.7 Å². The van der Waals surface area contributed by atoms with Crippen LogP contribution < -0.4 is 0 Å². The molecule has 0 aromatic carbocycles. The minimum atomic E-state index is 0.387. The van der Waals surface area contributed by atoms with E-state index in [1.54, 1.807) is 0 Å². The molecule has 0 aromatic rings. The summed E-state index contributed by atoms with van der Waals surface area (Å²) in [5, 5.41) is 0. The van der Waals surface area contributed by atoms with E-state index in [0.717, 1.165) is 26.1 Å². The Labute approximate surface area is 168 Å². The van der Waals surface area contributed by atoms with Crippen LogP contribution in [-0.4, -0.2) is 37.6 Å². The highest BCUT2D eigenvalue weighted by Gasteiger charge is 2.28. The molecule has 3 nitrogen and oxygen atoms in total. The zero-order valence-corrected chi connectivity index (χ0v) is 18.3. The van der Waals surface area contributed by atoms with Crippen molar-refractivity contribution in [2.75, 3.05) is 13.2 Å². The fourth-order valence-electron chi connectivity index (χ4n) is 4.23. The van der Waals surface area contributed by atoms with Crippen LogP contribution in [0.1, 0.15) is 117 Å². The lowest BCUT2D eigenvalue weighted by molar-refractivity contribution is -0.124. The number of rotatable bonds is 18. The largest absolute Gasteiger partial charge is 0.378 e. The predicted octanol–water partition coefficient (Wildman–Crippen LogP) is 6.82. The van der Waals surface area contributed by atoms with Gasteiger partial charge in [0.1, 0.15) is 0 Å². The number of hydrogen-bond acceptors (Lipinski definition) is 3. The van der Waals surface area contributed by atoms with E-state index in [4.69, 9.17) is 14.2 Å². The van der Waals surface area contributed by atoms with Crippen molar-refractivity contribution in [3.63, 3.8) is 0 Å². The highest BCUT2D eigenvalue weighted by atomic mass is 16.5. The van der Waals surface area contributed by atoms with Crippen LogP contribution in [0.15, 0.2) is 0 Å². The van der Waals surface area contributed by atoms with E-state index in [2.05, 4.69) is 13.8 Å². The van der Waals surface area contributed by atoms with Crippen molar-refractivity contribution in [2.24, 2.45) is 0 Å². The number of ether oxygens (including phenoxy) is 3. The lowest BCUT2D eigenvalue weighted by Gasteiger charge is -2.35. The van der Waals surface area contributed by atoms with Crippen LogP contribution in [0.25, 0.3) is 0 Å². The van der Waals surface area contributed by atoms with Crippen molar-refractivity contribution >= 4 is 0 Å². The molecule has 0 spiro atoms. The maximum atomic E-state index is 6.72. The average Bonchev–Trinajstić information content (AvgIpc) is 2.59. The van der Waals surface area contributed by atoms with Crippen molar-refractivity contribution in [1.82, 2.24) is 0 Å². The number of unbranched alkanes of at least 4 members (excludes halogenated alkanes) is 8. The highest BCUT2D eigenvalue weighted by Crippen LogP contribution is 2.27. The van der Waals surface area contributed by atoms with Crippen LogP contribution in [-0.2, 0) is 14.2 Å². The summed E-state index contributed by atoms with van der Waals surface area (Å²) in [5.74, 6) is 0. The van der Waals surface area contributed by atoms with Gasteiger partial charge in [0.25, 0.3) is 0 Å². The third-order valence-corrected chi connectivity index (χ3v) is 6.28. The summed E-state index contributed by atoms with van der Waals surface area (Å²) in [6, 6.07) is 0. The van der Waals surface area contributed by atoms with Crippen molar-refractivity contribution < 1.29 is 14.2 Å². The van der Waals surface area contributed by atoms with E-state index in [1.165, 1.54) is 89.9 Å². The van der Waals surface area contributed by atoms with Crippen LogP contribution in [0.4, 0.5) is 0 Å². The van der Waals surface area contributed by atoms with Gasteiger partial charge in [0.05, 0.1) is 24.4 Å². The van der Waals surface area contributed by atoms with Gasteiger partial charge >= 0.3 is 0 Å². The molecule has 0 radical (unpaired) electrons. The molecule has 2 aliphatic rings. The Morgan fingerprint density at radius 3 is 1.41 bits per heavy atom. The second-order valence-corrected chi connectivity index (χ2v) is 8.82. The molecule has 3 heteroatoms. The molecular formula is C24H46O3. The summed E-state index contributed by atoms with van der Waals surface area (Å²) in [7, 11) is 0. The van der Waals surface area contributed by atoms with Gasteiger partial charge in [0.2, 0.25) is 0 Å². The molecule has 2 rings (SSSR count). The van der Waals surface area contributed by atoms with Gasteiger partial charge in [-0.2, -0.15) is 0 Å². The average molecular weight is 383 g/mol. The van der Waals surface area contributed by atoms with Gasteiger partial charge in [0.15, 0.2) is 0 Å². The first-order valence-corrected chi connectivity index (χ1v) is 12.2. The van der Waals surface area contributed by atoms with E-state index < -0.39 is 0 Å². The lowest BCUT2D eigenvalue weighted by Crippen LogP contribution is -2.36. The summed E-state index contributed by atoms with van der Waals surface area (Å²) in [6.07, 6.45) is 22.2. The van der Waals surface area contributed by atoms with Crippen LogP contribution >= 0.6 is 0 Å². The SMILES string of the molecule is CCCCCCCC(CC1CCO1)OC(CCCCCCC)CC1CCO1. The van der Waals surface area contributed by atoms with Crippen LogP contribution in [0.2, 0.25) is 0 Å². The molecule has 2 heterocycles. The molecule has 27 heavy (non-hydrogen) atoms. The monoisotopic (exact) mass is 382 g/mol. The maximum Gasteiger partial charge on any atom is 0.0621 e. The summed E-state index contributed by atoms with van der Waals surface area (Å²) in [5.41, 5.74) is 0. The maximum absolute atomic E-state index is 6.72. The number of hydrogen-bond donors (Lipinski definition) is 0. The molecule has 0 aromatic heterocycles. The second kappa shape index (κ2) is 14.8. The lowest BCUT2D eigenvalue weighted by atomic mass is 9.97. The van der Waals surface area contributed by atoms with Gasteiger partial charge in [-0.25, -0.2) is 0 Å². The first kappa shape index (κ1) is 23.2.